The second-order valence-corrected chi connectivity index (χ2v) is 6.22. The van der Waals surface area contributed by atoms with Crippen LogP contribution in [0.4, 0.5) is 11.4 Å². The lowest BCUT2D eigenvalue weighted by molar-refractivity contribution is -0.115. The van der Waals surface area contributed by atoms with Gasteiger partial charge in [-0.25, -0.2) is 0 Å². The van der Waals surface area contributed by atoms with Gasteiger partial charge in [0.1, 0.15) is 0 Å². The molecule has 0 unspecified atom stereocenters. The van der Waals surface area contributed by atoms with Crippen molar-refractivity contribution in [3.63, 3.8) is 0 Å². The zero-order chi connectivity index (χ0) is 16.9. The number of anilines is 2. The topological polar surface area (TPSA) is 56.1 Å². The van der Waals surface area contributed by atoms with Crippen molar-refractivity contribution in [2.45, 2.75) is 32.2 Å². The highest BCUT2D eigenvalue weighted by Gasteiger charge is 2.24. The van der Waals surface area contributed by atoms with Crippen LogP contribution in [0, 0.1) is 11.3 Å². The number of carbonyl (C=O) groups excluding carboxylic acids is 1. The van der Waals surface area contributed by atoms with Gasteiger partial charge in [-0.05, 0) is 49.1 Å². The molecule has 0 bridgehead atoms. The Morgan fingerprint density at radius 2 is 2.00 bits per heavy atom. The average Bonchev–Trinajstić information content (AvgIpc) is 2.59. The van der Waals surface area contributed by atoms with Crippen LogP contribution in [-0.4, -0.2) is 18.5 Å². The lowest BCUT2D eigenvalue weighted by atomic mass is 9.96. The van der Waals surface area contributed by atoms with Gasteiger partial charge < -0.3 is 10.2 Å². The van der Waals surface area contributed by atoms with E-state index in [1.165, 1.54) is 5.56 Å². The summed E-state index contributed by atoms with van der Waals surface area (Å²) in [5.74, 6) is -0.0217. The first-order valence-electron chi connectivity index (χ1n) is 8.27. The molecular weight excluding hydrogens is 298 g/mol. The fourth-order valence-corrected chi connectivity index (χ4v) is 3.15. The van der Waals surface area contributed by atoms with Crippen molar-refractivity contribution in [2.75, 3.05) is 16.8 Å². The van der Waals surface area contributed by atoms with Crippen molar-refractivity contribution < 1.29 is 4.79 Å². The molecule has 0 aromatic heterocycles. The van der Waals surface area contributed by atoms with Crippen molar-refractivity contribution >= 4 is 17.3 Å². The minimum Gasteiger partial charge on any atom is -0.359 e. The maximum Gasteiger partial charge on any atom is 0.243 e. The van der Waals surface area contributed by atoms with Crippen LogP contribution in [0.25, 0.3) is 0 Å². The van der Waals surface area contributed by atoms with Gasteiger partial charge in [0.25, 0.3) is 0 Å². The summed E-state index contributed by atoms with van der Waals surface area (Å²) in [5, 5.41) is 11.6. The molecule has 1 N–H and O–H groups in total. The Morgan fingerprint density at radius 3 is 2.75 bits per heavy atom. The molecule has 0 saturated carbocycles. The van der Waals surface area contributed by atoms with Crippen LogP contribution < -0.4 is 10.2 Å². The van der Waals surface area contributed by atoms with Crippen LogP contribution in [0.1, 0.15) is 24.5 Å². The van der Waals surface area contributed by atoms with E-state index in [4.69, 9.17) is 5.26 Å². The largest absolute Gasteiger partial charge is 0.359 e. The summed E-state index contributed by atoms with van der Waals surface area (Å²) in [5.41, 5.74) is 4.19. The van der Waals surface area contributed by atoms with E-state index in [9.17, 15) is 4.79 Å². The van der Waals surface area contributed by atoms with Crippen LogP contribution in [-0.2, 0) is 17.6 Å². The molecule has 1 heterocycles. The van der Waals surface area contributed by atoms with E-state index >= 15 is 0 Å². The summed E-state index contributed by atoms with van der Waals surface area (Å²) in [6.07, 6.45) is 2.51. The molecule has 122 valence electrons. The molecule has 0 spiro atoms. The van der Waals surface area contributed by atoms with Crippen LogP contribution >= 0.6 is 0 Å². The Labute approximate surface area is 142 Å². The van der Waals surface area contributed by atoms with E-state index in [1.54, 1.807) is 0 Å². The Morgan fingerprint density at radius 1 is 1.25 bits per heavy atom. The van der Waals surface area contributed by atoms with Gasteiger partial charge in [-0.1, -0.05) is 30.3 Å². The third-order valence-corrected chi connectivity index (χ3v) is 4.50. The monoisotopic (exact) mass is 319 g/mol. The molecule has 4 nitrogen and oxygen atoms in total. The highest BCUT2D eigenvalue weighted by Crippen LogP contribution is 2.30. The van der Waals surface area contributed by atoms with Gasteiger partial charge in [-0.3, -0.25) is 4.79 Å². The van der Waals surface area contributed by atoms with Crippen molar-refractivity contribution in [1.29, 1.82) is 5.26 Å². The number of para-hydroxylation sites is 1. The number of rotatable bonds is 4. The maximum atomic E-state index is 12.4. The highest BCUT2D eigenvalue weighted by molar-refractivity contribution is 5.94. The van der Waals surface area contributed by atoms with Gasteiger partial charge in [0.15, 0.2) is 0 Å². The van der Waals surface area contributed by atoms with Crippen LogP contribution in [0.3, 0.4) is 0 Å². The Bertz CT molecular complexity index is 761. The lowest BCUT2D eigenvalue weighted by Gasteiger charge is -2.36. The normalized spacial score (nSPS) is 16.2. The van der Waals surface area contributed by atoms with Gasteiger partial charge in [0.05, 0.1) is 19.0 Å². The molecule has 1 aliphatic rings. The van der Waals surface area contributed by atoms with Gasteiger partial charge in [0, 0.05) is 17.4 Å². The molecule has 0 radical (unpaired) electrons. The molecule has 4 heteroatoms. The zero-order valence-corrected chi connectivity index (χ0v) is 13.8. The number of benzene rings is 2. The first kappa shape index (κ1) is 16.1. The van der Waals surface area contributed by atoms with E-state index in [1.807, 2.05) is 30.3 Å². The molecular formula is C20H21N3O. The van der Waals surface area contributed by atoms with Gasteiger partial charge in [0.2, 0.25) is 5.91 Å². The van der Waals surface area contributed by atoms with Crippen molar-refractivity contribution in [3.8, 4) is 6.07 Å². The number of nitriles is 1. The SMILES string of the molecule is C[C@H]1CCc2ccccc2N1CC(=O)Nc1ccc(CC#N)cc1. The Balaban J connectivity index is 1.67. The second-order valence-electron chi connectivity index (χ2n) is 6.22. The molecule has 0 saturated heterocycles. The first-order chi connectivity index (χ1) is 11.7. The number of carbonyl (C=O) groups is 1. The van der Waals surface area contributed by atoms with Crippen molar-refractivity contribution in [2.24, 2.45) is 0 Å². The van der Waals surface area contributed by atoms with Crippen LogP contribution in [0.2, 0.25) is 0 Å². The van der Waals surface area contributed by atoms with Crippen LogP contribution in [0.15, 0.2) is 48.5 Å². The Kier molecular flexibility index (Phi) is 4.81. The average molecular weight is 319 g/mol. The molecule has 24 heavy (non-hydrogen) atoms. The number of amides is 1. The van der Waals surface area contributed by atoms with E-state index < -0.39 is 0 Å². The van der Waals surface area contributed by atoms with E-state index in [-0.39, 0.29) is 5.91 Å². The molecule has 0 aliphatic carbocycles. The number of hydrogen-bond acceptors (Lipinski definition) is 3. The number of nitrogens with one attached hydrogen (secondary N) is 1. The third kappa shape index (κ3) is 3.57. The lowest BCUT2D eigenvalue weighted by Crippen LogP contribution is -2.42. The predicted molar refractivity (Wildman–Crippen MR) is 96.0 cm³/mol. The van der Waals surface area contributed by atoms with Gasteiger partial charge in [-0.15, -0.1) is 0 Å². The number of nitrogens with zero attached hydrogens (tertiary/aromatic N) is 2. The first-order valence-corrected chi connectivity index (χ1v) is 8.27. The van der Waals surface area contributed by atoms with Crippen molar-refractivity contribution in [1.82, 2.24) is 0 Å². The van der Waals surface area contributed by atoms with E-state index in [0.717, 1.165) is 29.8 Å². The third-order valence-electron chi connectivity index (χ3n) is 4.50. The Hall–Kier alpha value is -2.80. The highest BCUT2D eigenvalue weighted by atomic mass is 16.2. The summed E-state index contributed by atoms with van der Waals surface area (Å²) < 4.78 is 0. The summed E-state index contributed by atoms with van der Waals surface area (Å²) in [4.78, 5) is 14.6. The fourth-order valence-electron chi connectivity index (χ4n) is 3.15. The number of hydrogen-bond donors (Lipinski definition) is 1. The molecule has 1 amide bonds. The zero-order valence-electron chi connectivity index (χ0n) is 13.8. The fraction of sp³-hybridized carbons (Fsp3) is 0.300. The van der Waals surface area contributed by atoms with Crippen LogP contribution in [0.5, 0.6) is 0 Å². The van der Waals surface area contributed by atoms with Gasteiger partial charge in [-0.2, -0.15) is 5.26 Å². The quantitative estimate of drug-likeness (QED) is 0.938. The smallest absolute Gasteiger partial charge is 0.243 e. The second kappa shape index (κ2) is 7.18. The van der Waals surface area contributed by atoms with E-state index in [0.29, 0.717) is 19.0 Å². The summed E-state index contributed by atoms with van der Waals surface area (Å²) in [7, 11) is 0. The molecule has 2 aromatic rings. The summed E-state index contributed by atoms with van der Waals surface area (Å²) in [6.45, 7) is 2.51. The molecule has 2 aromatic carbocycles. The number of fused-ring (bicyclic) bond motifs is 1. The van der Waals surface area contributed by atoms with Crippen molar-refractivity contribution in [3.05, 3.63) is 59.7 Å². The van der Waals surface area contributed by atoms with E-state index in [2.05, 4.69) is 41.4 Å². The standard InChI is InChI=1S/C20H21N3O/c1-15-6-9-17-4-2-3-5-19(17)23(15)14-20(24)22-18-10-7-16(8-11-18)12-13-21/h2-5,7-8,10-11,15H,6,9,12,14H2,1H3,(H,22,24)/t15-/m0/s1. The minimum atomic E-state index is -0.0217. The number of aryl methyl sites for hydroxylation is 1. The molecule has 1 atom stereocenters. The summed E-state index contributed by atoms with van der Waals surface area (Å²) >= 11 is 0. The molecule has 3 rings (SSSR count). The van der Waals surface area contributed by atoms with Gasteiger partial charge >= 0.3 is 0 Å². The minimum absolute atomic E-state index is 0.0217. The molecule has 1 aliphatic heterocycles. The maximum absolute atomic E-state index is 12.4. The molecule has 0 fully saturated rings. The predicted octanol–water partition coefficient (Wildman–Crippen LogP) is 3.53. The summed E-state index contributed by atoms with van der Waals surface area (Å²) in [6, 6.07) is 18.2.